The standard InChI is InChI=1S/C22H20N2O4S/c25-20(23(13-16-9-11-28-15-16)14-17-5-4-12-29-17)8-3-10-24-21(26)18-6-1-2-7-19(18)22(24)27/h1-2,4-7,9,11-12,15H,3,8,10,13-14H2. The molecule has 0 radical (unpaired) electrons. The van der Waals surface area contributed by atoms with E-state index in [1.807, 2.05) is 23.6 Å². The van der Waals surface area contributed by atoms with Gasteiger partial charge in [-0.05, 0) is 36.1 Å². The van der Waals surface area contributed by atoms with Crippen LogP contribution in [0.3, 0.4) is 0 Å². The lowest BCUT2D eigenvalue weighted by Gasteiger charge is -2.22. The molecule has 3 heterocycles. The topological polar surface area (TPSA) is 70.8 Å². The Balaban J connectivity index is 1.37. The van der Waals surface area contributed by atoms with Crippen molar-refractivity contribution in [2.24, 2.45) is 0 Å². The molecule has 0 N–H and O–H groups in total. The molecule has 1 aliphatic rings. The third-order valence-corrected chi connectivity index (χ3v) is 5.74. The predicted molar refractivity (Wildman–Crippen MR) is 108 cm³/mol. The first-order chi connectivity index (χ1) is 14.1. The van der Waals surface area contributed by atoms with Crippen molar-refractivity contribution >= 4 is 29.1 Å². The molecule has 6 nitrogen and oxygen atoms in total. The number of carbonyl (C=O) groups is 3. The van der Waals surface area contributed by atoms with Gasteiger partial charge < -0.3 is 9.32 Å². The fourth-order valence-electron chi connectivity index (χ4n) is 3.41. The molecule has 0 bridgehead atoms. The van der Waals surface area contributed by atoms with Gasteiger partial charge in [-0.1, -0.05) is 18.2 Å². The third kappa shape index (κ3) is 4.14. The first kappa shape index (κ1) is 19.1. The van der Waals surface area contributed by atoms with Crippen LogP contribution in [0.15, 0.2) is 64.8 Å². The lowest BCUT2D eigenvalue weighted by Crippen LogP contribution is -2.33. The van der Waals surface area contributed by atoms with Crippen molar-refractivity contribution in [1.82, 2.24) is 9.80 Å². The first-order valence-electron chi connectivity index (χ1n) is 9.40. The summed E-state index contributed by atoms with van der Waals surface area (Å²) in [5, 5.41) is 1.98. The maximum atomic E-state index is 12.9. The van der Waals surface area contributed by atoms with E-state index >= 15 is 0 Å². The zero-order valence-corrected chi connectivity index (χ0v) is 16.6. The van der Waals surface area contributed by atoms with Crippen LogP contribution in [0, 0.1) is 0 Å². The Morgan fingerprint density at radius 1 is 1.00 bits per heavy atom. The van der Waals surface area contributed by atoms with Gasteiger partial charge in [0, 0.05) is 30.0 Å². The molecule has 7 heteroatoms. The van der Waals surface area contributed by atoms with E-state index in [-0.39, 0.29) is 30.7 Å². The fourth-order valence-corrected chi connectivity index (χ4v) is 4.13. The first-order valence-corrected chi connectivity index (χ1v) is 10.3. The summed E-state index contributed by atoms with van der Waals surface area (Å²) >= 11 is 1.60. The Kier molecular flexibility index (Phi) is 5.57. The zero-order chi connectivity index (χ0) is 20.2. The van der Waals surface area contributed by atoms with E-state index in [0.717, 1.165) is 10.4 Å². The van der Waals surface area contributed by atoms with Gasteiger partial charge in [0.05, 0.1) is 30.2 Å². The average molecular weight is 408 g/mol. The van der Waals surface area contributed by atoms with Crippen molar-refractivity contribution in [3.05, 3.63) is 81.9 Å². The summed E-state index contributed by atoms with van der Waals surface area (Å²) in [5.74, 6) is -0.588. The van der Waals surface area contributed by atoms with Crippen molar-refractivity contribution in [2.75, 3.05) is 6.54 Å². The van der Waals surface area contributed by atoms with Gasteiger partial charge in [0.1, 0.15) is 0 Å². The van der Waals surface area contributed by atoms with Gasteiger partial charge in [-0.3, -0.25) is 19.3 Å². The highest BCUT2D eigenvalue weighted by molar-refractivity contribution is 7.09. The molecule has 1 aliphatic heterocycles. The molecule has 3 amide bonds. The van der Waals surface area contributed by atoms with Crippen LogP contribution < -0.4 is 0 Å². The number of rotatable bonds is 8. The van der Waals surface area contributed by atoms with Gasteiger partial charge in [0.25, 0.3) is 11.8 Å². The number of benzene rings is 1. The van der Waals surface area contributed by atoms with Crippen LogP contribution in [0.4, 0.5) is 0 Å². The highest BCUT2D eigenvalue weighted by Gasteiger charge is 2.34. The summed E-state index contributed by atoms with van der Waals surface area (Å²) in [7, 11) is 0. The van der Waals surface area contributed by atoms with E-state index < -0.39 is 0 Å². The SMILES string of the molecule is O=C(CCCN1C(=O)c2ccccc2C1=O)N(Cc1ccoc1)Cc1cccs1. The van der Waals surface area contributed by atoms with Gasteiger partial charge >= 0.3 is 0 Å². The lowest BCUT2D eigenvalue weighted by molar-refractivity contribution is -0.132. The lowest BCUT2D eigenvalue weighted by atomic mass is 10.1. The second kappa shape index (κ2) is 8.45. The van der Waals surface area contributed by atoms with Crippen molar-refractivity contribution in [1.29, 1.82) is 0 Å². The molecule has 2 aromatic heterocycles. The number of nitrogens with zero attached hydrogens (tertiary/aromatic N) is 2. The Morgan fingerprint density at radius 2 is 1.76 bits per heavy atom. The monoisotopic (exact) mass is 408 g/mol. The third-order valence-electron chi connectivity index (χ3n) is 4.88. The molecule has 4 rings (SSSR count). The largest absolute Gasteiger partial charge is 0.472 e. The average Bonchev–Trinajstić information content (AvgIpc) is 3.47. The number of furan rings is 1. The second-order valence-corrected chi connectivity index (χ2v) is 7.90. The number of carbonyl (C=O) groups excluding carboxylic acids is 3. The van der Waals surface area contributed by atoms with Crippen LogP contribution in [0.5, 0.6) is 0 Å². The quantitative estimate of drug-likeness (QED) is 0.529. The van der Waals surface area contributed by atoms with Gasteiger partial charge in [0.2, 0.25) is 5.91 Å². The number of thiophene rings is 1. The summed E-state index contributed by atoms with van der Waals surface area (Å²) < 4.78 is 5.12. The van der Waals surface area contributed by atoms with E-state index in [1.54, 1.807) is 53.0 Å². The molecule has 0 atom stereocenters. The molecule has 3 aromatic rings. The van der Waals surface area contributed by atoms with Gasteiger partial charge in [-0.25, -0.2) is 0 Å². The summed E-state index contributed by atoms with van der Waals surface area (Å²) in [6, 6.07) is 12.6. The van der Waals surface area contributed by atoms with Crippen LogP contribution in [0.1, 0.15) is 44.0 Å². The van der Waals surface area contributed by atoms with Crippen LogP contribution >= 0.6 is 11.3 Å². The molecule has 0 unspecified atom stereocenters. The highest BCUT2D eigenvalue weighted by Crippen LogP contribution is 2.23. The maximum Gasteiger partial charge on any atom is 0.261 e. The van der Waals surface area contributed by atoms with Crippen molar-refractivity contribution < 1.29 is 18.8 Å². The minimum Gasteiger partial charge on any atom is -0.472 e. The minimum atomic E-state index is -0.285. The molecule has 0 aliphatic carbocycles. The van der Waals surface area contributed by atoms with E-state index in [2.05, 4.69) is 0 Å². The molecule has 29 heavy (non-hydrogen) atoms. The summed E-state index contributed by atoms with van der Waals surface area (Å²) in [6.45, 7) is 1.21. The highest BCUT2D eigenvalue weighted by atomic mass is 32.1. The van der Waals surface area contributed by atoms with E-state index in [4.69, 9.17) is 4.42 Å². The maximum absolute atomic E-state index is 12.9. The Bertz CT molecular complexity index is 940. The number of amides is 3. The second-order valence-electron chi connectivity index (χ2n) is 6.87. The molecule has 0 saturated carbocycles. The predicted octanol–water partition coefficient (Wildman–Crippen LogP) is 3.95. The fraction of sp³-hybridized carbons (Fsp3) is 0.227. The summed E-state index contributed by atoms with van der Waals surface area (Å²) in [4.78, 5) is 41.9. The van der Waals surface area contributed by atoms with Crippen LogP contribution in [0.25, 0.3) is 0 Å². The van der Waals surface area contributed by atoms with E-state index in [1.165, 1.54) is 4.90 Å². The van der Waals surface area contributed by atoms with Crippen LogP contribution in [0.2, 0.25) is 0 Å². The summed E-state index contributed by atoms with van der Waals surface area (Å²) in [5.41, 5.74) is 1.79. The molecular formula is C22H20N2O4S. The molecule has 0 spiro atoms. The molecule has 0 saturated heterocycles. The number of hydrogen-bond acceptors (Lipinski definition) is 5. The van der Waals surface area contributed by atoms with Gasteiger partial charge in [-0.15, -0.1) is 11.3 Å². The van der Waals surface area contributed by atoms with Crippen LogP contribution in [-0.4, -0.2) is 34.1 Å². The molecule has 1 aromatic carbocycles. The van der Waals surface area contributed by atoms with Crippen LogP contribution in [-0.2, 0) is 17.9 Å². The molecule has 148 valence electrons. The smallest absolute Gasteiger partial charge is 0.261 e. The Hall–Kier alpha value is -3.19. The number of fused-ring (bicyclic) bond motifs is 1. The molecule has 0 fully saturated rings. The van der Waals surface area contributed by atoms with Crippen molar-refractivity contribution in [3.63, 3.8) is 0 Å². The normalized spacial score (nSPS) is 13.0. The zero-order valence-electron chi connectivity index (χ0n) is 15.7. The van der Waals surface area contributed by atoms with Crippen molar-refractivity contribution in [2.45, 2.75) is 25.9 Å². The van der Waals surface area contributed by atoms with E-state index in [9.17, 15) is 14.4 Å². The minimum absolute atomic E-state index is 0.0174. The number of imide groups is 1. The number of hydrogen-bond donors (Lipinski definition) is 0. The molecular weight excluding hydrogens is 388 g/mol. The Morgan fingerprint density at radius 3 is 2.38 bits per heavy atom. The van der Waals surface area contributed by atoms with Crippen molar-refractivity contribution in [3.8, 4) is 0 Å². The van der Waals surface area contributed by atoms with Gasteiger partial charge in [-0.2, -0.15) is 0 Å². The van der Waals surface area contributed by atoms with Gasteiger partial charge in [0.15, 0.2) is 0 Å². The van der Waals surface area contributed by atoms with E-state index in [0.29, 0.717) is 30.6 Å². The summed E-state index contributed by atoms with van der Waals surface area (Å²) in [6.07, 6.45) is 3.91. The Labute approximate surface area is 172 Å².